The molecule has 1 atom stereocenters. The Labute approximate surface area is 154 Å². The SMILES string of the molecule is NC(c1cc(F)cc(C(F)(F)F)c1)(c1ccc(Cl)cn1)C1CCCCC1. The van der Waals surface area contributed by atoms with Crippen LogP contribution in [0, 0.1) is 11.7 Å². The summed E-state index contributed by atoms with van der Waals surface area (Å²) in [6, 6.07) is 5.71. The van der Waals surface area contributed by atoms with E-state index < -0.39 is 23.1 Å². The molecule has 1 aromatic heterocycles. The molecule has 0 radical (unpaired) electrons. The zero-order valence-corrected chi connectivity index (χ0v) is 14.7. The molecule has 0 amide bonds. The summed E-state index contributed by atoms with van der Waals surface area (Å²) in [4.78, 5) is 4.26. The Morgan fingerprint density at radius 3 is 2.23 bits per heavy atom. The molecule has 7 heteroatoms. The average Bonchev–Trinajstić information content (AvgIpc) is 2.61. The first kappa shape index (κ1) is 19.1. The van der Waals surface area contributed by atoms with Gasteiger partial charge >= 0.3 is 6.18 Å². The number of benzene rings is 1. The van der Waals surface area contributed by atoms with Crippen molar-refractivity contribution < 1.29 is 17.6 Å². The maximum atomic E-state index is 14.0. The predicted octanol–water partition coefficient (Wildman–Crippen LogP) is 5.68. The molecule has 0 aliphatic heterocycles. The number of rotatable bonds is 3. The van der Waals surface area contributed by atoms with E-state index in [1.165, 1.54) is 6.20 Å². The van der Waals surface area contributed by atoms with Crippen molar-refractivity contribution in [2.24, 2.45) is 11.7 Å². The van der Waals surface area contributed by atoms with Crippen LogP contribution in [0.1, 0.15) is 48.9 Å². The number of hydrogen-bond donors (Lipinski definition) is 1. The zero-order chi connectivity index (χ0) is 18.9. The highest BCUT2D eigenvalue weighted by Gasteiger charge is 2.42. The van der Waals surface area contributed by atoms with Crippen LogP contribution in [-0.4, -0.2) is 4.98 Å². The molecule has 0 spiro atoms. The van der Waals surface area contributed by atoms with E-state index in [-0.39, 0.29) is 11.5 Å². The summed E-state index contributed by atoms with van der Waals surface area (Å²) in [6.45, 7) is 0. The highest BCUT2D eigenvalue weighted by Crippen LogP contribution is 2.43. The lowest BCUT2D eigenvalue weighted by Crippen LogP contribution is -2.47. The molecule has 1 fully saturated rings. The number of alkyl halides is 3. The largest absolute Gasteiger partial charge is 0.416 e. The maximum absolute atomic E-state index is 14.0. The fourth-order valence-electron chi connectivity index (χ4n) is 3.76. The van der Waals surface area contributed by atoms with Crippen LogP contribution >= 0.6 is 11.6 Å². The molecular formula is C19H19ClF4N2. The summed E-state index contributed by atoms with van der Waals surface area (Å²) in [5.74, 6) is -1.10. The van der Waals surface area contributed by atoms with Gasteiger partial charge in [-0.1, -0.05) is 30.9 Å². The van der Waals surface area contributed by atoms with E-state index in [4.69, 9.17) is 17.3 Å². The first-order chi connectivity index (χ1) is 12.2. The number of halogens is 5. The van der Waals surface area contributed by atoms with Gasteiger partial charge in [0.15, 0.2) is 0 Å². The minimum absolute atomic E-state index is 0.0894. The quantitative estimate of drug-likeness (QED) is 0.690. The topological polar surface area (TPSA) is 38.9 Å². The van der Waals surface area contributed by atoms with Gasteiger partial charge in [0, 0.05) is 6.20 Å². The highest BCUT2D eigenvalue weighted by molar-refractivity contribution is 6.30. The molecule has 1 saturated carbocycles. The summed E-state index contributed by atoms with van der Waals surface area (Å²) < 4.78 is 53.6. The van der Waals surface area contributed by atoms with E-state index in [9.17, 15) is 17.6 Å². The van der Waals surface area contributed by atoms with Crippen molar-refractivity contribution in [2.45, 2.75) is 43.8 Å². The van der Waals surface area contributed by atoms with Crippen LogP contribution in [0.5, 0.6) is 0 Å². The van der Waals surface area contributed by atoms with Crippen molar-refractivity contribution >= 4 is 11.6 Å². The van der Waals surface area contributed by atoms with Gasteiger partial charge in [0.2, 0.25) is 0 Å². The van der Waals surface area contributed by atoms with Crippen LogP contribution in [0.2, 0.25) is 5.02 Å². The predicted molar refractivity (Wildman–Crippen MR) is 92.2 cm³/mol. The Morgan fingerprint density at radius 2 is 1.65 bits per heavy atom. The lowest BCUT2D eigenvalue weighted by atomic mass is 9.69. The molecule has 2 N–H and O–H groups in total. The molecule has 1 heterocycles. The van der Waals surface area contributed by atoms with Crippen LogP contribution in [0.15, 0.2) is 36.5 Å². The van der Waals surface area contributed by atoms with Crippen LogP contribution < -0.4 is 5.73 Å². The second-order valence-electron chi connectivity index (χ2n) is 6.79. The summed E-state index contributed by atoms with van der Waals surface area (Å²) >= 11 is 5.89. The van der Waals surface area contributed by atoms with Gasteiger partial charge in [-0.25, -0.2) is 4.39 Å². The number of pyridine rings is 1. The summed E-state index contributed by atoms with van der Waals surface area (Å²) in [5.41, 5.74) is 4.83. The van der Waals surface area contributed by atoms with Gasteiger partial charge in [0.25, 0.3) is 0 Å². The number of nitrogens with zero attached hydrogens (tertiary/aromatic N) is 1. The van der Waals surface area contributed by atoms with Gasteiger partial charge in [-0.05, 0) is 54.7 Å². The lowest BCUT2D eigenvalue weighted by molar-refractivity contribution is -0.137. The van der Waals surface area contributed by atoms with Crippen LogP contribution in [0.25, 0.3) is 0 Å². The van der Waals surface area contributed by atoms with Crippen LogP contribution in [-0.2, 0) is 11.7 Å². The smallest absolute Gasteiger partial charge is 0.316 e. The van der Waals surface area contributed by atoms with E-state index in [2.05, 4.69) is 4.98 Å². The van der Waals surface area contributed by atoms with Crippen LogP contribution in [0.4, 0.5) is 17.6 Å². The van der Waals surface area contributed by atoms with Crippen molar-refractivity contribution in [1.82, 2.24) is 4.98 Å². The second kappa shape index (κ2) is 7.16. The zero-order valence-electron chi connectivity index (χ0n) is 14.0. The fraction of sp³-hybridized carbons (Fsp3) is 0.421. The molecule has 1 unspecified atom stereocenters. The molecule has 3 rings (SSSR count). The summed E-state index contributed by atoms with van der Waals surface area (Å²) in [5, 5.41) is 0.398. The molecule has 1 aliphatic rings. The molecule has 140 valence electrons. The Hall–Kier alpha value is -1.66. The third-order valence-corrected chi connectivity index (χ3v) is 5.33. The summed E-state index contributed by atoms with van der Waals surface area (Å²) in [6.07, 6.45) is 1.16. The Kier molecular flexibility index (Phi) is 5.26. The van der Waals surface area contributed by atoms with E-state index in [1.54, 1.807) is 12.1 Å². The van der Waals surface area contributed by atoms with Gasteiger partial charge in [-0.15, -0.1) is 0 Å². The monoisotopic (exact) mass is 386 g/mol. The van der Waals surface area contributed by atoms with E-state index in [0.717, 1.165) is 44.2 Å². The first-order valence-corrected chi connectivity index (χ1v) is 8.88. The van der Waals surface area contributed by atoms with E-state index >= 15 is 0 Å². The standard InChI is InChI=1S/C19H19ClF4N2/c20-15-6-7-17(26-11-15)18(25,12-4-2-1-3-5-12)13-8-14(19(22,23)24)10-16(21)9-13/h6-12H,1-5,25H2. The van der Waals surface area contributed by atoms with Crippen molar-refractivity contribution in [1.29, 1.82) is 0 Å². The average molecular weight is 387 g/mol. The highest BCUT2D eigenvalue weighted by atomic mass is 35.5. The van der Waals surface area contributed by atoms with Gasteiger partial charge in [-0.2, -0.15) is 13.2 Å². The number of aromatic nitrogens is 1. The normalized spacial score (nSPS) is 18.5. The third kappa shape index (κ3) is 3.71. The first-order valence-electron chi connectivity index (χ1n) is 8.50. The minimum Gasteiger partial charge on any atom is -0.316 e. The van der Waals surface area contributed by atoms with Gasteiger partial charge in [0.05, 0.1) is 21.8 Å². The van der Waals surface area contributed by atoms with Crippen molar-refractivity contribution in [3.05, 3.63) is 64.2 Å². The molecule has 1 aromatic carbocycles. The van der Waals surface area contributed by atoms with Crippen molar-refractivity contribution in [2.75, 3.05) is 0 Å². The minimum atomic E-state index is -4.66. The van der Waals surface area contributed by atoms with Crippen LogP contribution in [0.3, 0.4) is 0 Å². The molecule has 0 bridgehead atoms. The van der Waals surface area contributed by atoms with E-state index in [1.807, 2.05) is 0 Å². The van der Waals surface area contributed by atoms with E-state index in [0.29, 0.717) is 16.8 Å². The van der Waals surface area contributed by atoms with Gasteiger partial charge < -0.3 is 5.73 Å². The van der Waals surface area contributed by atoms with Gasteiger partial charge in [-0.3, -0.25) is 4.98 Å². The Balaban J connectivity index is 2.17. The van der Waals surface area contributed by atoms with Crippen molar-refractivity contribution in [3.8, 4) is 0 Å². The Bertz CT molecular complexity index is 770. The fourth-order valence-corrected chi connectivity index (χ4v) is 3.88. The van der Waals surface area contributed by atoms with Gasteiger partial charge in [0.1, 0.15) is 5.82 Å². The Morgan fingerprint density at radius 1 is 1.00 bits per heavy atom. The molecule has 0 saturated heterocycles. The molecule has 1 aliphatic carbocycles. The molecule has 2 nitrogen and oxygen atoms in total. The molecule has 26 heavy (non-hydrogen) atoms. The molecule has 2 aromatic rings. The number of hydrogen-bond acceptors (Lipinski definition) is 2. The molecular weight excluding hydrogens is 368 g/mol. The second-order valence-corrected chi connectivity index (χ2v) is 7.23. The lowest BCUT2D eigenvalue weighted by Gasteiger charge is -2.40. The van der Waals surface area contributed by atoms with Crippen molar-refractivity contribution in [3.63, 3.8) is 0 Å². The third-order valence-electron chi connectivity index (χ3n) is 5.10. The maximum Gasteiger partial charge on any atom is 0.416 e. The number of nitrogens with two attached hydrogens (primary N) is 1. The summed E-state index contributed by atoms with van der Waals surface area (Å²) in [7, 11) is 0.